The van der Waals surface area contributed by atoms with Crippen molar-refractivity contribution in [1.82, 2.24) is 15.3 Å². The molecule has 3 N–H and O–H groups in total. The van der Waals surface area contributed by atoms with Crippen LogP contribution in [-0.4, -0.2) is 33.6 Å². The van der Waals surface area contributed by atoms with Crippen molar-refractivity contribution in [2.75, 3.05) is 6.54 Å². The summed E-state index contributed by atoms with van der Waals surface area (Å²) in [6, 6.07) is 0. The van der Waals surface area contributed by atoms with Crippen LogP contribution in [0.5, 0.6) is 0 Å². The van der Waals surface area contributed by atoms with Crippen molar-refractivity contribution in [3.8, 4) is 0 Å². The molecule has 0 aliphatic heterocycles. The molecule has 4 aliphatic carbocycles. The van der Waals surface area contributed by atoms with Gasteiger partial charge in [-0.15, -0.1) is 0 Å². The molecule has 0 saturated heterocycles. The molecule has 6 heteroatoms. The van der Waals surface area contributed by atoms with E-state index in [0.717, 1.165) is 37.0 Å². The Hall–Kier alpha value is -1.69. The first-order chi connectivity index (χ1) is 11.5. The first-order valence-electron chi connectivity index (χ1n) is 9.00. The highest BCUT2D eigenvalue weighted by molar-refractivity contribution is 5.78. The fraction of sp³-hybridized carbons (Fsp3) is 0.722. The molecule has 130 valence electrons. The topological polar surface area (TPSA) is 95.1 Å². The number of carbonyl (C=O) groups excluding carboxylic acids is 1. The molecule has 5 rings (SSSR count). The molecule has 0 spiro atoms. The minimum absolute atomic E-state index is 0.00321. The summed E-state index contributed by atoms with van der Waals surface area (Å²) in [6.45, 7) is 0.281. The summed E-state index contributed by atoms with van der Waals surface area (Å²) < 4.78 is 0. The average molecular weight is 331 g/mol. The van der Waals surface area contributed by atoms with Gasteiger partial charge in [0, 0.05) is 18.3 Å². The van der Waals surface area contributed by atoms with Crippen molar-refractivity contribution in [1.29, 1.82) is 0 Å². The molecule has 4 aliphatic rings. The second kappa shape index (κ2) is 5.99. The van der Waals surface area contributed by atoms with Gasteiger partial charge in [0.25, 0.3) is 5.56 Å². The first-order valence-corrected chi connectivity index (χ1v) is 9.00. The third-order valence-electron chi connectivity index (χ3n) is 6.43. The fourth-order valence-electron chi connectivity index (χ4n) is 5.75. The van der Waals surface area contributed by atoms with Crippen molar-refractivity contribution >= 4 is 5.91 Å². The van der Waals surface area contributed by atoms with Crippen LogP contribution in [0.25, 0.3) is 0 Å². The number of amides is 1. The number of nitrogens with one attached hydrogen (secondary N) is 2. The summed E-state index contributed by atoms with van der Waals surface area (Å²) in [5.41, 5.74) is 0.0643. The van der Waals surface area contributed by atoms with Crippen LogP contribution in [0.2, 0.25) is 0 Å². The molecule has 0 radical (unpaired) electrons. The lowest BCUT2D eigenvalue weighted by atomic mass is 9.48. The van der Waals surface area contributed by atoms with Gasteiger partial charge in [0.1, 0.15) is 0 Å². The lowest BCUT2D eigenvalue weighted by Crippen LogP contribution is -2.54. The second-order valence-electron chi connectivity index (χ2n) is 8.18. The smallest absolute Gasteiger partial charge is 0.254 e. The van der Waals surface area contributed by atoms with Gasteiger partial charge in [-0.3, -0.25) is 9.59 Å². The molecule has 24 heavy (non-hydrogen) atoms. The quantitative estimate of drug-likeness (QED) is 0.750. The van der Waals surface area contributed by atoms with E-state index in [1.165, 1.54) is 31.8 Å². The van der Waals surface area contributed by atoms with Gasteiger partial charge in [-0.25, -0.2) is 4.98 Å². The van der Waals surface area contributed by atoms with Gasteiger partial charge < -0.3 is 15.4 Å². The van der Waals surface area contributed by atoms with Crippen molar-refractivity contribution < 1.29 is 9.90 Å². The van der Waals surface area contributed by atoms with E-state index in [1.807, 2.05) is 0 Å². The fourth-order valence-corrected chi connectivity index (χ4v) is 5.75. The number of aromatic amines is 1. The summed E-state index contributed by atoms with van der Waals surface area (Å²) in [7, 11) is 0. The maximum absolute atomic E-state index is 12.1. The van der Waals surface area contributed by atoms with Gasteiger partial charge in [0.05, 0.1) is 18.9 Å². The van der Waals surface area contributed by atoms with E-state index in [-0.39, 0.29) is 29.8 Å². The maximum atomic E-state index is 12.1. The van der Waals surface area contributed by atoms with Crippen molar-refractivity contribution in [3.63, 3.8) is 0 Å². The van der Waals surface area contributed by atoms with E-state index in [2.05, 4.69) is 15.3 Å². The number of carbonyl (C=O) groups is 1. The van der Waals surface area contributed by atoms with Crippen LogP contribution in [0.4, 0.5) is 0 Å². The summed E-state index contributed by atoms with van der Waals surface area (Å²) in [5.74, 6) is 2.08. The maximum Gasteiger partial charge on any atom is 0.254 e. The molecule has 1 amide bonds. The number of aliphatic hydroxyl groups excluding tert-OH is 1. The van der Waals surface area contributed by atoms with E-state index in [9.17, 15) is 14.7 Å². The standard InChI is InChI=1S/C18H25N3O3/c22-15(9-20-16(23)4-14-8-19-10-21-17(14)24)18-5-11-1-12(6-18)3-13(2-11)7-18/h8,10-13,15,22H,1-7,9H2,(H,20,23)(H,19,21,24)/t11?,12?,13?,15-,18?/m0/s1. The second-order valence-corrected chi connectivity index (χ2v) is 8.18. The number of aromatic nitrogens is 2. The molecular formula is C18H25N3O3. The van der Waals surface area contributed by atoms with Crippen LogP contribution in [0.15, 0.2) is 17.3 Å². The normalized spacial score (nSPS) is 35.0. The molecule has 6 nitrogen and oxygen atoms in total. The SMILES string of the molecule is O=C(Cc1cnc[nH]c1=O)NC[C@H](O)C12CC3CC(CC(C3)C1)C2. The van der Waals surface area contributed by atoms with Crippen LogP contribution in [0, 0.1) is 23.2 Å². The number of hydrogen-bond acceptors (Lipinski definition) is 4. The number of aliphatic hydroxyl groups is 1. The van der Waals surface area contributed by atoms with Crippen LogP contribution in [-0.2, 0) is 11.2 Å². The molecular weight excluding hydrogens is 306 g/mol. The Bertz CT molecular complexity index is 649. The molecule has 4 bridgehead atoms. The third kappa shape index (κ3) is 2.88. The van der Waals surface area contributed by atoms with E-state index < -0.39 is 6.10 Å². The minimum atomic E-state index is -0.484. The van der Waals surface area contributed by atoms with Gasteiger partial charge in [-0.2, -0.15) is 0 Å². The molecule has 1 atom stereocenters. The van der Waals surface area contributed by atoms with Crippen molar-refractivity contribution in [2.24, 2.45) is 23.2 Å². The average Bonchev–Trinajstić information content (AvgIpc) is 2.53. The predicted octanol–water partition coefficient (Wildman–Crippen LogP) is 1.01. The zero-order chi connectivity index (χ0) is 16.7. The van der Waals surface area contributed by atoms with E-state index >= 15 is 0 Å². The molecule has 4 saturated carbocycles. The van der Waals surface area contributed by atoms with E-state index in [4.69, 9.17) is 0 Å². The van der Waals surface area contributed by atoms with Crippen molar-refractivity contribution in [2.45, 2.75) is 51.0 Å². The highest BCUT2D eigenvalue weighted by Crippen LogP contribution is 2.61. The Morgan fingerprint density at radius 3 is 2.50 bits per heavy atom. The van der Waals surface area contributed by atoms with Gasteiger partial charge in [0.15, 0.2) is 0 Å². The van der Waals surface area contributed by atoms with Gasteiger partial charge >= 0.3 is 0 Å². The Morgan fingerprint density at radius 1 is 1.29 bits per heavy atom. The first kappa shape index (κ1) is 15.8. The van der Waals surface area contributed by atoms with Crippen molar-refractivity contribution in [3.05, 3.63) is 28.4 Å². The molecule has 4 fully saturated rings. The summed E-state index contributed by atoms with van der Waals surface area (Å²) in [5, 5.41) is 13.6. The molecule has 1 aromatic heterocycles. The van der Waals surface area contributed by atoms with Crippen LogP contribution in [0.1, 0.15) is 44.1 Å². The summed E-state index contributed by atoms with van der Waals surface area (Å²) >= 11 is 0. The molecule has 0 aromatic carbocycles. The van der Waals surface area contributed by atoms with Gasteiger partial charge in [-0.05, 0) is 61.7 Å². The zero-order valence-electron chi connectivity index (χ0n) is 13.8. The van der Waals surface area contributed by atoms with Gasteiger partial charge in [0.2, 0.25) is 5.91 Å². The molecule has 1 heterocycles. The Morgan fingerprint density at radius 2 is 1.92 bits per heavy atom. The van der Waals surface area contributed by atoms with Crippen LogP contribution in [0.3, 0.4) is 0 Å². The highest BCUT2D eigenvalue weighted by Gasteiger charge is 2.53. The third-order valence-corrected chi connectivity index (χ3v) is 6.43. The van der Waals surface area contributed by atoms with Gasteiger partial charge in [-0.1, -0.05) is 0 Å². The molecule has 1 aromatic rings. The highest BCUT2D eigenvalue weighted by atomic mass is 16.3. The van der Waals surface area contributed by atoms with E-state index in [0.29, 0.717) is 5.56 Å². The lowest BCUT2D eigenvalue weighted by molar-refractivity contribution is -0.128. The molecule has 0 unspecified atom stereocenters. The van der Waals surface area contributed by atoms with Crippen LogP contribution >= 0.6 is 0 Å². The van der Waals surface area contributed by atoms with E-state index in [1.54, 1.807) is 0 Å². The summed E-state index contributed by atoms with van der Waals surface area (Å²) in [4.78, 5) is 30.0. The Labute approximate surface area is 141 Å². The largest absolute Gasteiger partial charge is 0.391 e. The predicted molar refractivity (Wildman–Crippen MR) is 88.2 cm³/mol. The zero-order valence-corrected chi connectivity index (χ0v) is 13.8. The number of H-pyrrole nitrogens is 1. The minimum Gasteiger partial charge on any atom is -0.391 e. The number of hydrogen-bond donors (Lipinski definition) is 3. The number of rotatable bonds is 5. The Balaban J connectivity index is 1.35. The number of nitrogens with zero attached hydrogens (tertiary/aromatic N) is 1. The van der Waals surface area contributed by atoms with Crippen LogP contribution < -0.4 is 10.9 Å². The monoisotopic (exact) mass is 331 g/mol. The Kier molecular flexibility index (Phi) is 3.95. The lowest BCUT2D eigenvalue weighted by Gasteiger charge is -2.58. The summed E-state index contributed by atoms with van der Waals surface area (Å²) in [6.07, 6.45) is 9.56.